The number of benzene rings is 3. The van der Waals surface area contributed by atoms with Crippen molar-refractivity contribution in [1.82, 2.24) is 10.2 Å². The van der Waals surface area contributed by atoms with Crippen LogP contribution in [0.4, 0.5) is 5.69 Å². The molecule has 0 bridgehead atoms. The monoisotopic (exact) mass is 611 g/mol. The molecule has 42 heavy (non-hydrogen) atoms. The third kappa shape index (κ3) is 7.83. The minimum Gasteiger partial charge on any atom is -0.497 e. The Morgan fingerprint density at radius 3 is 2.29 bits per heavy atom. The summed E-state index contributed by atoms with van der Waals surface area (Å²) in [5, 5.41) is 3.44. The first kappa shape index (κ1) is 31.4. The van der Waals surface area contributed by atoms with Gasteiger partial charge in [-0.2, -0.15) is 0 Å². The van der Waals surface area contributed by atoms with E-state index in [2.05, 4.69) is 5.32 Å². The molecule has 0 saturated heterocycles. The molecule has 8 nitrogen and oxygen atoms in total. The van der Waals surface area contributed by atoms with Crippen molar-refractivity contribution in [2.45, 2.75) is 69.5 Å². The standard InChI is InChI=1S/C32H38ClN3O5S/c1-23-12-14-25(15-13-23)21-35(24(2)32(38)34-27-9-5-4-6-10-27)31(37)22-36(28-11-7-8-26(33)20-28)42(39,40)30-18-16-29(41-3)17-19-30/h7-8,11-20,24,27H,4-6,9-10,21-22H2,1-3H3,(H,34,38)/t24-/m1/s1. The quantitative estimate of drug-likeness (QED) is 0.299. The van der Waals surface area contributed by atoms with Crippen molar-refractivity contribution in [3.8, 4) is 5.75 Å². The van der Waals surface area contributed by atoms with Crippen LogP contribution in [0.2, 0.25) is 5.02 Å². The predicted octanol–water partition coefficient (Wildman–Crippen LogP) is 5.72. The molecule has 0 spiro atoms. The molecule has 1 aliphatic rings. The Morgan fingerprint density at radius 2 is 1.67 bits per heavy atom. The SMILES string of the molecule is COc1ccc(S(=O)(=O)N(CC(=O)N(Cc2ccc(C)cc2)[C@H](C)C(=O)NC2CCCCC2)c2cccc(Cl)c2)cc1. The van der Waals surface area contributed by atoms with Gasteiger partial charge in [0.15, 0.2) is 0 Å². The number of carbonyl (C=O) groups is 2. The predicted molar refractivity (Wildman–Crippen MR) is 165 cm³/mol. The van der Waals surface area contributed by atoms with E-state index >= 15 is 0 Å². The molecule has 1 fully saturated rings. The van der Waals surface area contributed by atoms with Crippen LogP contribution in [-0.2, 0) is 26.2 Å². The molecule has 4 rings (SSSR count). The number of hydrogen-bond donors (Lipinski definition) is 1. The van der Waals surface area contributed by atoms with Crippen LogP contribution >= 0.6 is 11.6 Å². The van der Waals surface area contributed by atoms with E-state index in [1.165, 1.54) is 30.2 Å². The Hall–Kier alpha value is -3.56. The van der Waals surface area contributed by atoms with Crippen LogP contribution in [0.25, 0.3) is 0 Å². The lowest BCUT2D eigenvalue weighted by atomic mass is 9.95. The second-order valence-corrected chi connectivity index (χ2v) is 13.0. The molecule has 1 N–H and O–H groups in total. The first-order chi connectivity index (χ1) is 20.1. The van der Waals surface area contributed by atoms with Gasteiger partial charge in [-0.15, -0.1) is 0 Å². The summed E-state index contributed by atoms with van der Waals surface area (Å²) >= 11 is 6.24. The first-order valence-corrected chi connectivity index (χ1v) is 16.0. The maximum Gasteiger partial charge on any atom is 0.264 e. The summed E-state index contributed by atoms with van der Waals surface area (Å²) in [6, 6.07) is 19.2. The Morgan fingerprint density at radius 1 is 1.00 bits per heavy atom. The van der Waals surface area contributed by atoms with Crippen LogP contribution in [0.1, 0.15) is 50.2 Å². The third-order valence-electron chi connectivity index (χ3n) is 7.61. The van der Waals surface area contributed by atoms with Crippen molar-refractivity contribution in [2.24, 2.45) is 0 Å². The van der Waals surface area contributed by atoms with Crippen molar-refractivity contribution in [1.29, 1.82) is 0 Å². The average molecular weight is 612 g/mol. The van der Waals surface area contributed by atoms with Gasteiger partial charge in [-0.05, 0) is 74.7 Å². The van der Waals surface area contributed by atoms with Crippen LogP contribution in [0.3, 0.4) is 0 Å². The van der Waals surface area contributed by atoms with E-state index < -0.39 is 28.5 Å². The van der Waals surface area contributed by atoms with Gasteiger partial charge in [0.05, 0.1) is 17.7 Å². The normalized spacial score (nSPS) is 14.6. The number of halogens is 1. The van der Waals surface area contributed by atoms with Gasteiger partial charge in [0.2, 0.25) is 11.8 Å². The molecule has 224 valence electrons. The number of rotatable bonds is 11. The van der Waals surface area contributed by atoms with E-state index in [4.69, 9.17) is 16.3 Å². The van der Waals surface area contributed by atoms with Gasteiger partial charge in [-0.1, -0.05) is 66.8 Å². The number of amides is 2. The Balaban J connectivity index is 1.67. The summed E-state index contributed by atoms with van der Waals surface area (Å²) in [6.07, 6.45) is 5.09. The average Bonchev–Trinajstić information content (AvgIpc) is 2.99. The molecule has 3 aromatic rings. The maximum absolute atomic E-state index is 14.1. The molecule has 0 radical (unpaired) electrons. The zero-order chi connectivity index (χ0) is 30.3. The smallest absolute Gasteiger partial charge is 0.264 e. The van der Waals surface area contributed by atoms with E-state index in [-0.39, 0.29) is 29.1 Å². The Kier molecular flexibility index (Phi) is 10.5. The summed E-state index contributed by atoms with van der Waals surface area (Å²) < 4.78 is 34.1. The van der Waals surface area contributed by atoms with Gasteiger partial charge < -0.3 is 15.0 Å². The van der Waals surface area contributed by atoms with Crippen molar-refractivity contribution in [3.05, 3.63) is 88.9 Å². The second kappa shape index (κ2) is 14.1. The highest BCUT2D eigenvalue weighted by atomic mass is 35.5. The molecule has 1 aliphatic carbocycles. The van der Waals surface area contributed by atoms with Crippen LogP contribution in [0.15, 0.2) is 77.7 Å². The molecule has 1 atom stereocenters. The number of aryl methyl sites for hydroxylation is 1. The lowest BCUT2D eigenvalue weighted by Crippen LogP contribution is -2.53. The van der Waals surface area contributed by atoms with E-state index in [9.17, 15) is 18.0 Å². The van der Waals surface area contributed by atoms with E-state index in [0.29, 0.717) is 10.8 Å². The fourth-order valence-corrected chi connectivity index (χ4v) is 6.67. The largest absolute Gasteiger partial charge is 0.497 e. The molecule has 0 aliphatic heterocycles. The van der Waals surface area contributed by atoms with Gasteiger partial charge in [0.1, 0.15) is 18.3 Å². The third-order valence-corrected chi connectivity index (χ3v) is 9.64. The molecule has 3 aromatic carbocycles. The molecule has 10 heteroatoms. The Bertz CT molecular complexity index is 1470. The minimum absolute atomic E-state index is 0.00995. The number of nitrogens with one attached hydrogen (secondary N) is 1. The number of nitrogens with zero attached hydrogens (tertiary/aromatic N) is 2. The number of anilines is 1. The summed E-state index contributed by atoms with van der Waals surface area (Å²) in [6.45, 7) is 3.28. The van der Waals surface area contributed by atoms with Crippen molar-refractivity contribution in [2.75, 3.05) is 18.0 Å². The number of hydrogen-bond acceptors (Lipinski definition) is 5. The molecular weight excluding hydrogens is 574 g/mol. The van der Waals surface area contributed by atoms with Crippen molar-refractivity contribution < 1.29 is 22.7 Å². The number of sulfonamides is 1. The highest BCUT2D eigenvalue weighted by molar-refractivity contribution is 7.92. The minimum atomic E-state index is -4.20. The second-order valence-electron chi connectivity index (χ2n) is 10.7. The van der Waals surface area contributed by atoms with Crippen LogP contribution in [0.5, 0.6) is 5.75 Å². The first-order valence-electron chi connectivity index (χ1n) is 14.2. The van der Waals surface area contributed by atoms with E-state index in [0.717, 1.165) is 47.5 Å². The highest BCUT2D eigenvalue weighted by Crippen LogP contribution is 2.28. The van der Waals surface area contributed by atoms with Gasteiger partial charge in [-0.3, -0.25) is 13.9 Å². The summed E-state index contributed by atoms with van der Waals surface area (Å²) in [5.74, 6) is -0.269. The molecule has 0 heterocycles. The summed E-state index contributed by atoms with van der Waals surface area (Å²) in [7, 11) is -2.71. The Labute approximate surface area is 253 Å². The van der Waals surface area contributed by atoms with E-state index in [1.807, 2.05) is 31.2 Å². The molecule has 1 saturated carbocycles. The summed E-state index contributed by atoms with van der Waals surface area (Å²) in [5.41, 5.74) is 2.14. The lowest BCUT2D eigenvalue weighted by Gasteiger charge is -2.33. The molecule has 0 aromatic heterocycles. The van der Waals surface area contributed by atoms with Gasteiger partial charge >= 0.3 is 0 Å². The van der Waals surface area contributed by atoms with Gasteiger partial charge in [0.25, 0.3) is 10.0 Å². The van der Waals surface area contributed by atoms with Crippen LogP contribution in [-0.4, -0.2) is 50.9 Å². The highest BCUT2D eigenvalue weighted by Gasteiger charge is 2.33. The van der Waals surface area contributed by atoms with Crippen LogP contribution in [0, 0.1) is 6.92 Å². The fourth-order valence-electron chi connectivity index (χ4n) is 5.08. The zero-order valence-electron chi connectivity index (χ0n) is 24.3. The van der Waals surface area contributed by atoms with Crippen LogP contribution < -0.4 is 14.4 Å². The zero-order valence-corrected chi connectivity index (χ0v) is 25.8. The molecule has 2 amide bonds. The van der Waals surface area contributed by atoms with E-state index in [1.54, 1.807) is 37.3 Å². The number of methoxy groups -OCH3 is 1. The van der Waals surface area contributed by atoms with Crippen molar-refractivity contribution >= 4 is 39.1 Å². The maximum atomic E-state index is 14.1. The fraction of sp³-hybridized carbons (Fsp3) is 0.375. The lowest BCUT2D eigenvalue weighted by molar-refractivity contribution is -0.139. The molecule has 0 unspecified atom stereocenters. The topological polar surface area (TPSA) is 96.0 Å². The van der Waals surface area contributed by atoms with Gasteiger partial charge in [0, 0.05) is 17.6 Å². The molecular formula is C32H38ClN3O5S. The van der Waals surface area contributed by atoms with Crippen molar-refractivity contribution in [3.63, 3.8) is 0 Å². The van der Waals surface area contributed by atoms with Gasteiger partial charge in [-0.25, -0.2) is 8.42 Å². The number of ether oxygens (including phenoxy) is 1. The number of carbonyl (C=O) groups excluding carboxylic acids is 2. The summed E-state index contributed by atoms with van der Waals surface area (Å²) in [4.78, 5) is 28.9.